The molecule has 0 aliphatic rings. The van der Waals surface area contributed by atoms with E-state index in [1.807, 2.05) is 0 Å². The fourth-order valence-corrected chi connectivity index (χ4v) is 2.36. The molecule has 0 aliphatic carbocycles. The number of hydrogen-bond donors (Lipinski definition) is 2. The molecule has 2 amide bonds. The second-order valence-corrected chi connectivity index (χ2v) is 6.14. The van der Waals surface area contributed by atoms with Gasteiger partial charge in [0.25, 0.3) is 5.91 Å². The van der Waals surface area contributed by atoms with Crippen molar-refractivity contribution in [1.82, 2.24) is 4.90 Å². The molecule has 2 N–H and O–H groups in total. The van der Waals surface area contributed by atoms with Crippen LogP contribution in [-0.4, -0.2) is 44.0 Å². The molecule has 0 radical (unpaired) electrons. The summed E-state index contributed by atoms with van der Waals surface area (Å²) in [5.41, 5.74) is 1.70. The molecule has 8 heteroatoms. The van der Waals surface area contributed by atoms with E-state index in [0.717, 1.165) is 5.56 Å². The van der Waals surface area contributed by atoms with Gasteiger partial charge in [0.15, 0.2) is 0 Å². The van der Waals surface area contributed by atoms with Crippen LogP contribution >= 0.6 is 0 Å². The SMILES string of the molecule is Cc1ccc(NC(=O)CN(C)C)cc1NC(=O)c1ccccc1OC(F)F. The minimum atomic E-state index is -3.03. The molecule has 0 atom stereocenters. The number of ether oxygens (including phenoxy) is 1. The number of nitrogens with zero attached hydrogens (tertiary/aromatic N) is 1. The summed E-state index contributed by atoms with van der Waals surface area (Å²) in [6.07, 6.45) is 0. The van der Waals surface area contributed by atoms with Crippen molar-refractivity contribution >= 4 is 23.2 Å². The molecular formula is C19H21F2N3O3. The van der Waals surface area contributed by atoms with E-state index in [1.165, 1.54) is 18.2 Å². The highest BCUT2D eigenvalue weighted by Crippen LogP contribution is 2.24. The van der Waals surface area contributed by atoms with Crippen LogP contribution in [0.2, 0.25) is 0 Å². The first kappa shape index (κ1) is 20.3. The van der Waals surface area contributed by atoms with Crippen LogP contribution in [0.15, 0.2) is 42.5 Å². The lowest BCUT2D eigenvalue weighted by atomic mass is 10.1. The number of anilines is 2. The van der Waals surface area contributed by atoms with Crippen molar-refractivity contribution in [2.45, 2.75) is 13.5 Å². The summed E-state index contributed by atoms with van der Waals surface area (Å²) in [5.74, 6) is -0.999. The van der Waals surface area contributed by atoms with Crippen LogP contribution in [0.4, 0.5) is 20.2 Å². The number of aryl methyl sites for hydroxylation is 1. The summed E-state index contributed by atoms with van der Waals surface area (Å²) in [6, 6.07) is 10.8. The summed E-state index contributed by atoms with van der Waals surface area (Å²) in [4.78, 5) is 26.1. The Morgan fingerprint density at radius 3 is 2.48 bits per heavy atom. The smallest absolute Gasteiger partial charge is 0.387 e. The minimum Gasteiger partial charge on any atom is -0.434 e. The first-order chi connectivity index (χ1) is 12.8. The van der Waals surface area contributed by atoms with Crippen LogP contribution in [0.1, 0.15) is 15.9 Å². The van der Waals surface area contributed by atoms with Crippen molar-refractivity contribution in [2.24, 2.45) is 0 Å². The highest BCUT2D eigenvalue weighted by atomic mass is 19.3. The van der Waals surface area contributed by atoms with Gasteiger partial charge in [0.2, 0.25) is 5.91 Å². The van der Waals surface area contributed by atoms with Gasteiger partial charge in [-0.25, -0.2) is 0 Å². The van der Waals surface area contributed by atoms with Crippen molar-refractivity contribution in [1.29, 1.82) is 0 Å². The van der Waals surface area contributed by atoms with Crippen LogP contribution in [0.3, 0.4) is 0 Å². The largest absolute Gasteiger partial charge is 0.434 e. The number of hydrogen-bond acceptors (Lipinski definition) is 4. The summed E-state index contributed by atoms with van der Waals surface area (Å²) >= 11 is 0. The molecular weight excluding hydrogens is 356 g/mol. The second kappa shape index (κ2) is 9.09. The van der Waals surface area contributed by atoms with Crippen molar-refractivity contribution in [3.8, 4) is 5.75 Å². The molecule has 0 aromatic heterocycles. The third-order valence-electron chi connectivity index (χ3n) is 3.58. The number of nitrogens with one attached hydrogen (secondary N) is 2. The molecule has 27 heavy (non-hydrogen) atoms. The van der Waals surface area contributed by atoms with E-state index < -0.39 is 12.5 Å². The van der Waals surface area contributed by atoms with E-state index in [-0.39, 0.29) is 23.8 Å². The molecule has 0 aliphatic heterocycles. The van der Waals surface area contributed by atoms with E-state index in [0.29, 0.717) is 11.4 Å². The van der Waals surface area contributed by atoms with Gasteiger partial charge in [-0.15, -0.1) is 0 Å². The summed E-state index contributed by atoms with van der Waals surface area (Å²) in [5, 5.41) is 5.40. The number of para-hydroxylation sites is 1. The van der Waals surface area contributed by atoms with Gasteiger partial charge in [-0.1, -0.05) is 18.2 Å². The molecule has 2 aromatic carbocycles. The Bertz CT molecular complexity index is 826. The predicted molar refractivity (Wildman–Crippen MR) is 99.4 cm³/mol. The minimum absolute atomic E-state index is 0.0146. The molecule has 0 fully saturated rings. The van der Waals surface area contributed by atoms with E-state index in [1.54, 1.807) is 50.2 Å². The summed E-state index contributed by atoms with van der Waals surface area (Å²) in [6.45, 7) is -1.04. The van der Waals surface area contributed by atoms with Crippen molar-refractivity contribution < 1.29 is 23.1 Å². The Kier molecular flexibility index (Phi) is 6.84. The van der Waals surface area contributed by atoms with Crippen LogP contribution in [0.5, 0.6) is 5.75 Å². The fourth-order valence-electron chi connectivity index (χ4n) is 2.36. The highest BCUT2D eigenvalue weighted by Gasteiger charge is 2.16. The zero-order chi connectivity index (χ0) is 20.0. The zero-order valence-electron chi connectivity index (χ0n) is 15.3. The van der Waals surface area contributed by atoms with E-state index >= 15 is 0 Å². The number of likely N-dealkylation sites (N-methyl/N-ethyl adjacent to an activating group) is 1. The van der Waals surface area contributed by atoms with Crippen LogP contribution in [-0.2, 0) is 4.79 Å². The standard InChI is InChI=1S/C19H21F2N3O3/c1-12-8-9-13(22-17(25)11-24(2)3)10-15(12)23-18(26)14-6-4-5-7-16(14)27-19(20)21/h4-10,19H,11H2,1-3H3,(H,22,25)(H,23,26). The molecule has 0 saturated carbocycles. The average Bonchev–Trinajstić information content (AvgIpc) is 2.57. The molecule has 0 heterocycles. The first-order valence-corrected chi connectivity index (χ1v) is 8.16. The van der Waals surface area contributed by atoms with Gasteiger partial charge in [0, 0.05) is 11.4 Å². The number of carbonyl (C=O) groups is 2. The number of alkyl halides is 2. The second-order valence-electron chi connectivity index (χ2n) is 6.14. The Morgan fingerprint density at radius 1 is 1.11 bits per heavy atom. The third-order valence-corrected chi connectivity index (χ3v) is 3.58. The molecule has 144 valence electrons. The molecule has 2 rings (SSSR count). The van der Waals surface area contributed by atoms with E-state index in [9.17, 15) is 18.4 Å². The Balaban J connectivity index is 2.18. The normalized spacial score (nSPS) is 10.8. The molecule has 0 saturated heterocycles. The third kappa shape index (κ3) is 6.03. The van der Waals surface area contributed by atoms with E-state index in [4.69, 9.17) is 0 Å². The lowest BCUT2D eigenvalue weighted by Gasteiger charge is -2.14. The quantitative estimate of drug-likeness (QED) is 0.776. The lowest BCUT2D eigenvalue weighted by Crippen LogP contribution is -2.27. The Hall–Kier alpha value is -3.00. The predicted octanol–water partition coefficient (Wildman–Crippen LogP) is 3.35. The zero-order valence-corrected chi connectivity index (χ0v) is 15.3. The Morgan fingerprint density at radius 2 is 1.81 bits per heavy atom. The van der Waals surface area contributed by atoms with Crippen molar-refractivity contribution in [3.63, 3.8) is 0 Å². The van der Waals surface area contributed by atoms with Gasteiger partial charge in [-0.3, -0.25) is 9.59 Å². The van der Waals surface area contributed by atoms with Crippen LogP contribution < -0.4 is 15.4 Å². The number of carbonyl (C=O) groups excluding carboxylic acids is 2. The van der Waals surface area contributed by atoms with Gasteiger partial charge in [-0.05, 0) is 50.8 Å². The summed E-state index contributed by atoms with van der Waals surface area (Å²) in [7, 11) is 3.55. The number of amides is 2. The lowest BCUT2D eigenvalue weighted by molar-refractivity contribution is -0.116. The van der Waals surface area contributed by atoms with Gasteiger partial charge >= 0.3 is 6.61 Å². The van der Waals surface area contributed by atoms with Crippen LogP contribution in [0.25, 0.3) is 0 Å². The number of rotatable bonds is 7. The molecule has 2 aromatic rings. The van der Waals surface area contributed by atoms with Crippen molar-refractivity contribution in [3.05, 3.63) is 53.6 Å². The fraction of sp³-hybridized carbons (Fsp3) is 0.263. The van der Waals surface area contributed by atoms with Crippen molar-refractivity contribution in [2.75, 3.05) is 31.3 Å². The van der Waals surface area contributed by atoms with Gasteiger partial charge in [0.1, 0.15) is 5.75 Å². The maximum absolute atomic E-state index is 12.5. The maximum atomic E-state index is 12.5. The van der Waals surface area contributed by atoms with E-state index in [2.05, 4.69) is 15.4 Å². The van der Waals surface area contributed by atoms with Gasteiger partial charge in [-0.2, -0.15) is 8.78 Å². The monoisotopic (exact) mass is 377 g/mol. The number of benzene rings is 2. The summed E-state index contributed by atoms with van der Waals surface area (Å²) < 4.78 is 29.4. The Labute approximate surface area is 156 Å². The number of halogens is 2. The topological polar surface area (TPSA) is 70.7 Å². The van der Waals surface area contributed by atoms with Gasteiger partial charge in [0.05, 0.1) is 12.1 Å². The molecule has 6 nitrogen and oxygen atoms in total. The van der Waals surface area contributed by atoms with Gasteiger partial charge < -0.3 is 20.3 Å². The average molecular weight is 377 g/mol. The maximum Gasteiger partial charge on any atom is 0.387 e. The van der Waals surface area contributed by atoms with Crippen LogP contribution in [0, 0.1) is 6.92 Å². The first-order valence-electron chi connectivity index (χ1n) is 8.16. The molecule has 0 spiro atoms. The molecule has 0 unspecified atom stereocenters. The molecule has 0 bridgehead atoms. The highest BCUT2D eigenvalue weighted by molar-refractivity contribution is 6.07.